The summed E-state index contributed by atoms with van der Waals surface area (Å²) >= 11 is 0. The Bertz CT molecular complexity index is 1090. The van der Waals surface area contributed by atoms with Gasteiger partial charge in [-0.05, 0) is 91.1 Å². The minimum Gasteiger partial charge on any atom is -0.467 e. The summed E-state index contributed by atoms with van der Waals surface area (Å²) in [6.45, 7) is 3.04. The number of carbonyl (C=O) groups excluding carboxylic acids is 6. The lowest BCUT2D eigenvalue weighted by Crippen LogP contribution is -2.69. The summed E-state index contributed by atoms with van der Waals surface area (Å²) in [6.07, 6.45) is -2.26. The van der Waals surface area contributed by atoms with E-state index in [1.165, 1.54) is 0 Å². The molecule has 4 unspecified atom stereocenters. The van der Waals surface area contributed by atoms with E-state index in [9.17, 15) is 49.2 Å². The molecule has 8 atom stereocenters. The molecule has 19 nitrogen and oxygen atoms in total. The van der Waals surface area contributed by atoms with E-state index in [0.717, 1.165) is 39.8 Å². The Morgan fingerprint density at radius 2 is 1.04 bits per heavy atom. The number of aliphatic hydroxyl groups excluding tert-OH is 4. The largest absolute Gasteiger partial charge is 0.467 e. The van der Waals surface area contributed by atoms with Gasteiger partial charge in [0.05, 0.1) is 20.2 Å². The SMILES string of the molecule is CNCCCC[C@H]([NH3+])C(=O)N[C@@H](CCCC[NH3+])C(=O)N[C@@H](CCCC[NH3+])C(=O)N[C@@H](CCCCNC(=O)C(O)C(O)C(O)C(O)C(C)=O)C(=O)OC. The van der Waals surface area contributed by atoms with Crippen molar-refractivity contribution in [3.63, 3.8) is 0 Å². The fourth-order valence-corrected chi connectivity index (χ4v) is 5.20. The minimum absolute atomic E-state index is 0.0230. The molecule has 0 rings (SSSR count). The Hall–Kier alpha value is -3.30. The Morgan fingerprint density at radius 3 is 1.54 bits per heavy atom. The smallest absolute Gasteiger partial charge is 0.328 e. The summed E-state index contributed by atoms with van der Waals surface area (Å²) in [7, 11) is 3.01. The predicted molar refractivity (Wildman–Crippen MR) is 187 cm³/mol. The third-order valence-electron chi connectivity index (χ3n) is 8.55. The highest BCUT2D eigenvalue weighted by Gasteiger charge is 2.36. The fraction of sp³-hybridized carbons (Fsp3) is 0.818. The Kier molecular flexibility index (Phi) is 26.4. The van der Waals surface area contributed by atoms with Crippen molar-refractivity contribution < 1.29 is 71.1 Å². The summed E-state index contributed by atoms with van der Waals surface area (Å²) in [5, 5.41) is 53.0. The number of ketones is 1. The lowest BCUT2D eigenvalue weighted by molar-refractivity contribution is -0.405. The maximum atomic E-state index is 13.5. The molecule has 0 saturated carbocycles. The van der Waals surface area contributed by atoms with Crippen molar-refractivity contribution >= 4 is 35.4 Å². The Labute approximate surface area is 305 Å². The van der Waals surface area contributed by atoms with Crippen molar-refractivity contribution in [2.24, 2.45) is 0 Å². The summed E-state index contributed by atoms with van der Waals surface area (Å²) in [4.78, 5) is 76.1. The highest BCUT2D eigenvalue weighted by molar-refractivity contribution is 5.94. The van der Waals surface area contributed by atoms with E-state index in [-0.39, 0.29) is 38.1 Å². The molecule has 0 fully saturated rings. The lowest BCUT2D eigenvalue weighted by atomic mass is 10.0. The normalized spacial score (nSPS) is 15.9. The van der Waals surface area contributed by atoms with Crippen LogP contribution in [-0.4, -0.2) is 145 Å². The number of quaternary nitrogens is 3. The van der Waals surface area contributed by atoms with Crippen LogP contribution >= 0.6 is 0 Å². The van der Waals surface area contributed by atoms with Gasteiger partial charge >= 0.3 is 5.97 Å². The first-order valence-electron chi connectivity index (χ1n) is 18.2. The number of nitrogens with one attached hydrogen (secondary N) is 5. The van der Waals surface area contributed by atoms with Gasteiger partial charge in [0.15, 0.2) is 17.9 Å². The first-order chi connectivity index (χ1) is 24.7. The van der Waals surface area contributed by atoms with Gasteiger partial charge in [0.2, 0.25) is 11.8 Å². The monoisotopic (exact) mass is 751 g/mol. The van der Waals surface area contributed by atoms with E-state index >= 15 is 0 Å². The molecule has 18 N–H and O–H groups in total. The van der Waals surface area contributed by atoms with Crippen molar-refractivity contribution in [1.29, 1.82) is 0 Å². The topological polar surface area (TPSA) is 336 Å². The number of amides is 4. The minimum atomic E-state index is -2.13. The molecule has 0 spiro atoms. The van der Waals surface area contributed by atoms with Gasteiger partial charge in [-0.15, -0.1) is 0 Å². The Balaban J connectivity index is 5.48. The third-order valence-corrected chi connectivity index (χ3v) is 8.55. The van der Waals surface area contributed by atoms with E-state index in [1.54, 1.807) is 0 Å². The predicted octanol–water partition coefficient (Wildman–Crippen LogP) is -6.24. The zero-order valence-corrected chi connectivity index (χ0v) is 31.2. The van der Waals surface area contributed by atoms with Crippen LogP contribution in [0, 0.1) is 0 Å². The van der Waals surface area contributed by atoms with Gasteiger partial charge in [0, 0.05) is 13.0 Å². The van der Waals surface area contributed by atoms with Gasteiger partial charge in [-0.25, -0.2) is 4.79 Å². The van der Waals surface area contributed by atoms with Gasteiger partial charge in [-0.1, -0.05) is 0 Å². The average Bonchev–Trinajstić information content (AvgIpc) is 3.12. The van der Waals surface area contributed by atoms with Crippen molar-refractivity contribution in [1.82, 2.24) is 26.6 Å². The molecule has 0 heterocycles. The lowest BCUT2D eigenvalue weighted by Gasteiger charge is -2.25. The molecule has 0 aromatic carbocycles. The van der Waals surface area contributed by atoms with Crippen molar-refractivity contribution in [3.8, 4) is 0 Å². The van der Waals surface area contributed by atoms with Crippen LogP contribution in [0.25, 0.3) is 0 Å². The van der Waals surface area contributed by atoms with Gasteiger partial charge in [-0.3, -0.25) is 24.0 Å². The molecule has 19 heteroatoms. The maximum absolute atomic E-state index is 13.5. The van der Waals surface area contributed by atoms with E-state index in [4.69, 9.17) is 4.74 Å². The fourth-order valence-electron chi connectivity index (χ4n) is 5.20. The number of rotatable bonds is 30. The molecule has 0 aromatic rings. The molecular formula is C33H67N8O11+3. The molecular weight excluding hydrogens is 684 g/mol. The van der Waals surface area contributed by atoms with Crippen LogP contribution in [0.2, 0.25) is 0 Å². The van der Waals surface area contributed by atoms with E-state index in [1.807, 2.05) is 7.05 Å². The first-order valence-corrected chi connectivity index (χ1v) is 18.2. The second kappa shape index (κ2) is 28.2. The zero-order chi connectivity index (χ0) is 39.6. The number of ether oxygens (including phenoxy) is 1. The highest BCUT2D eigenvalue weighted by atomic mass is 16.5. The van der Waals surface area contributed by atoms with Crippen LogP contribution in [0.3, 0.4) is 0 Å². The standard InChI is InChI=1S/C33H64N8O11/c1-20(42)25(43)26(44)27(45)28(46)32(50)38-19-11-7-15-24(33(51)52-3)41-31(49)23(14-5-9-17-35)40-30(48)22(13-4-8-16-34)39-29(47)21(36)12-6-10-18-37-2/h21-28,37,43-46H,4-19,34-36H2,1-3H3,(H,38,50)(H,39,47)(H,40,48)(H,41,49)/p+3/t21-,22-,23-,24-,25?,26?,27?,28?/m0/s1. The van der Waals surface area contributed by atoms with Crippen molar-refractivity contribution in [2.75, 3.05) is 40.3 Å². The summed E-state index contributed by atoms with van der Waals surface area (Å²) in [5.41, 5.74) is 11.6. The molecule has 302 valence electrons. The quantitative estimate of drug-likeness (QED) is 0.0241. The van der Waals surface area contributed by atoms with Gasteiger partial charge in [0.1, 0.15) is 36.4 Å². The summed E-state index contributed by atoms with van der Waals surface area (Å²) < 4.78 is 4.87. The zero-order valence-electron chi connectivity index (χ0n) is 31.2. The van der Waals surface area contributed by atoms with Gasteiger partial charge < -0.3 is 68.9 Å². The number of Topliss-reactive ketones (excluding diaryl/α,β-unsaturated/α-hetero) is 1. The van der Waals surface area contributed by atoms with Crippen LogP contribution in [0.15, 0.2) is 0 Å². The molecule has 0 saturated heterocycles. The van der Waals surface area contributed by atoms with Crippen LogP contribution in [0.5, 0.6) is 0 Å². The van der Waals surface area contributed by atoms with Crippen LogP contribution < -0.4 is 43.8 Å². The molecule has 0 aliphatic heterocycles. The summed E-state index contributed by atoms with van der Waals surface area (Å²) in [5.74, 6) is -4.15. The number of hydrogen-bond donors (Lipinski definition) is 12. The summed E-state index contributed by atoms with van der Waals surface area (Å²) in [6, 6.07) is -3.59. The molecule has 0 aliphatic rings. The Morgan fingerprint density at radius 1 is 0.596 bits per heavy atom. The van der Waals surface area contributed by atoms with Crippen molar-refractivity contribution in [2.45, 2.75) is 133 Å². The molecule has 52 heavy (non-hydrogen) atoms. The van der Waals surface area contributed by atoms with Crippen molar-refractivity contribution in [3.05, 3.63) is 0 Å². The van der Waals surface area contributed by atoms with Crippen LogP contribution in [0.1, 0.15) is 84.0 Å². The number of unbranched alkanes of at least 4 members (excludes halogenated alkanes) is 4. The number of esters is 1. The third kappa shape index (κ3) is 19.5. The second-order valence-corrected chi connectivity index (χ2v) is 13.0. The number of methoxy groups -OCH3 is 1. The number of aliphatic hydroxyl groups is 4. The molecule has 0 radical (unpaired) electrons. The number of hydrogen-bond acceptors (Lipinski definition) is 12. The van der Waals surface area contributed by atoms with Gasteiger partial charge in [0.25, 0.3) is 11.8 Å². The van der Waals surface area contributed by atoms with Crippen LogP contribution in [-0.2, 0) is 33.5 Å². The molecule has 0 bridgehead atoms. The average molecular weight is 752 g/mol. The second-order valence-electron chi connectivity index (χ2n) is 13.0. The molecule has 0 aromatic heterocycles. The molecule has 4 amide bonds. The highest BCUT2D eigenvalue weighted by Crippen LogP contribution is 2.10. The van der Waals surface area contributed by atoms with E-state index in [2.05, 4.69) is 43.8 Å². The van der Waals surface area contributed by atoms with Gasteiger partial charge in [-0.2, -0.15) is 0 Å². The van der Waals surface area contributed by atoms with E-state index in [0.29, 0.717) is 45.2 Å². The van der Waals surface area contributed by atoms with Crippen LogP contribution in [0.4, 0.5) is 0 Å². The molecule has 0 aliphatic carbocycles. The first kappa shape index (κ1) is 48.7. The number of carbonyl (C=O) groups is 6. The maximum Gasteiger partial charge on any atom is 0.328 e. The van der Waals surface area contributed by atoms with E-state index < -0.39 is 78.1 Å².